The van der Waals surface area contributed by atoms with Crippen molar-refractivity contribution in [2.24, 2.45) is 0 Å². The summed E-state index contributed by atoms with van der Waals surface area (Å²) in [7, 11) is 0. The van der Waals surface area contributed by atoms with Gasteiger partial charge in [0.15, 0.2) is 5.82 Å². The van der Waals surface area contributed by atoms with E-state index in [2.05, 4.69) is 44.5 Å². The molecule has 1 aliphatic rings. The lowest BCUT2D eigenvalue weighted by atomic mass is 10.1. The Balaban J connectivity index is 1.66. The van der Waals surface area contributed by atoms with Crippen LogP contribution in [0.25, 0.3) is 17.6 Å². The SMILES string of the molecule is O=C(O)CCNc1cc(N2C=Cc3ccccc3CC2)nc(-c2ccccn2)n1. The molecule has 1 aliphatic heterocycles. The molecule has 29 heavy (non-hydrogen) atoms. The van der Waals surface area contributed by atoms with Crippen LogP contribution in [0.1, 0.15) is 17.5 Å². The Bertz CT molecular complexity index is 1040. The van der Waals surface area contributed by atoms with Crippen molar-refractivity contribution >= 4 is 23.7 Å². The van der Waals surface area contributed by atoms with Crippen LogP contribution in [0.15, 0.2) is 60.9 Å². The third-order valence-corrected chi connectivity index (χ3v) is 4.66. The fraction of sp³-hybridized carbons (Fsp3) is 0.182. The highest BCUT2D eigenvalue weighted by Crippen LogP contribution is 2.24. The first-order valence-electron chi connectivity index (χ1n) is 9.48. The molecule has 0 radical (unpaired) electrons. The highest BCUT2D eigenvalue weighted by atomic mass is 16.4. The second kappa shape index (κ2) is 8.52. The fourth-order valence-electron chi connectivity index (χ4n) is 3.18. The van der Waals surface area contributed by atoms with E-state index in [9.17, 15) is 4.79 Å². The number of carboxylic acids is 1. The minimum Gasteiger partial charge on any atom is -0.481 e. The lowest BCUT2D eigenvalue weighted by molar-refractivity contribution is -0.136. The van der Waals surface area contributed by atoms with E-state index in [1.54, 1.807) is 6.20 Å². The van der Waals surface area contributed by atoms with Crippen LogP contribution in [0.2, 0.25) is 0 Å². The van der Waals surface area contributed by atoms with Gasteiger partial charge in [-0.15, -0.1) is 0 Å². The maximum absolute atomic E-state index is 10.8. The van der Waals surface area contributed by atoms with Crippen LogP contribution in [-0.2, 0) is 11.2 Å². The molecular weight excluding hydrogens is 366 g/mol. The number of fused-ring (bicyclic) bond motifs is 1. The van der Waals surface area contributed by atoms with E-state index in [1.165, 1.54) is 11.1 Å². The number of anilines is 2. The average molecular weight is 387 g/mol. The van der Waals surface area contributed by atoms with Crippen molar-refractivity contribution in [3.63, 3.8) is 0 Å². The first-order valence-corrected chi connectivity index (χ1v) is 9.48. The van der Waals surface area contributed by atoms with Crippen LogP contribution in [0.3, 0.4) is 0 Å². The number of pyridine rings is 1. The molecule has 0 saturated heterocycles. The van der Waals surface area contributed by atoms with Crippen molar-refractivity contribution in [1.82, 2.24) is 15.0 Å². The van der Waals surface area contributed by atoms with E-state index in [0.717, 1.165) is 18.8 Å². The average Bonchev–Trinajstić information content (AvgIpc) is 2.97. The van der Waals surface area contributed by atoms with Crippen molar-refractivity contribution in [1.29, 1.82) is 0 Å². The summed E-state index contributed by atoms with van der Waals surface area (Å²) in [6, 6.07) is 15.8. The van der Waals surface area contributed by atoms with Crippen LogP contribution in [0, 0.1) is 0 Å². The fourth-order valence-corrected chi connectivity index (χ4v) is 3.18. The van der Waals surface area contributed by atoms with Crippen molar-refractivity contribution in [2.75, 3.05) is 23.3 Å². The zero-order chi connectivity index (χ0) is 20.1. The van der Waals surface area contributed by atoms with Gasteiger partial charge in [0, 0.05) is 31.6 Å². The molecule has 1 aromatic carbocycles. The van der Waals surface area contributed by atoms with Crippen LogP contribution < -0.4 is 10.2 Å². The Kier molecular flexibility index (Phi) is 5.47. The van der Waals surface area contributed by atoms with Gasteiger partial charge < -0.3 is 15.3 Å². The summed E-state index contributed by atoms with van der Waals surface area (Å²) in [5.74, 6) is 0.954. The van der Waals surface area contributed by atoms with Gasteiger partial charge in [0.1, 0.15) is 17.3 Å². The number of nitrogens with zero attached hydrogens (tertiary/aromatic N) is 4. The number of benzene rings is 1. The van der Waals surface area contributed by atoms with Gasteiger partial charge in [-0.2, -0.15) is 0 Å². The van der Waals surface area contributed by atoms with E-state index in [4.69, 9.17) is 10.1 Å². The molecule has 4 rings (SSSR count). The van der Waals surface area contributed by atoms with Gasteiger partial charge in [-0.25, -0.2) is 9.97 Å². The minimum absolute atomic E-state index is 0.0111. The van der Waals surface area contributed by atoms with Gasteiger partial charge in [-0.1, -0.05) is 30.3 Å². The first kappa shape index (κ1) is 18.6. The predicted molar refractivity (Wildman–Crippen MR) is 113 cm³/mol. The van der Waals surface area contributed by atoms with Gasteiger partial charge in [0.2, 0.25) is 0 Å². The van der Waals surface area contributed by atoms with Gasteiger partial charge in [-0.3, -0.25) is 9.78 Å². The van der Waals surface area contributed by atoms with Gasteiger partial charge in [0.25, 0.3) is 0 Å². The van der Waals surface area contributed by atoms with Crippen LogP contribution >= 0.6 is 0 Å². The molecule has 2 N–H and O–H groups in total. The third-order valence-electron chi connectivity index (χ3n) is 4.66. The molecule has 3 heterocycles. The van der Waals surface area contributed by atoms with Crippen molar-refractivity contribution < 1.29 is 9.90 Å². The minimum atomic E-state index is -0.857. The molecule has 0 unspecified atom stereocenters. The number of nitrogens with one attached hydrogen (secondary N) is 1. The van der Waals surface area contributed by atoms with Gasteiger partial charge in [0.05, 0.1) is 6.42 Å². The first-order chi connectivity index (χ1) is 14.2. The molecule has 0 fully saturated rings. The lowest BCUT2D eigenvalue weighted by Crippen LogP contribution is -2.20. The highest BCUT2D eigenvalue weighted by Gasteiger charge is 2.15. The molecule has 2 aromatic heterocycles. The molecule has 0 amide bonds. The molecule has 0 atom stereocenters. The Morgan fingerprint density at radius 2 is 2.00 bits per heavy atom. The summed E-state index contributed by atoms with van der Waals surface area (Å²) in [5.41, 5.74) is 3.16. The molecule has 0 saturated carbocycles. The topological polar surface area (TPSA) is 91.2 Å². The second-order valence-corrected chi connectivity index (χ2v) is 6.68. The third kappa shape index (κ3) is 4.57. The molecule has 146 valence electrons. The van der Waals surface area contributed by atoms with E-state index >= 15 is 0 Å². The molecule has 0 spiro atoms. The summed E-state index contributed by atoms with van der Waals surface area (Å²) in [6.07, 6.45) is 6.72. The summed E-state index contributed by atoms with van der Waals surface area (Å²) in [5, 5.41) is 12.0. The Morgan fingerprint density at radius 3 is 2.83 bits per heavy atom. The standard InChI is InChI=1S/C22H21N5O2/c28-21(29)8-12-24-19-15-20(26-22(25-19)18-7-3-4-11-23-18)27-13-9-16-5-1-2-6-17(16)10-14-27/h1-7,9,11,13,15H,8,10,12,14H2,(H,28,29)(H,24,25,26). The number of aliphatic carboxylic acids is 1. The number of aromatic nitrogens is 3. The molecular formula is C22H21N5O2. The number of hydrogen-bond donors (Lipinski definition) is 2. The van der Waals surface area contributed by atoms with E-state index in [-0.39, 0.29) is 13.0 Å². The van der Waals surface area contributed by atoms with Crippen LogP contribution in [-0.4, -0.2) is 39.1 Å². The zero-order valence-corrected chi connectivity index (χ0v) is 15.8. The number of rotatable bonds is 6. The maximum Gasteiger partial charge on any atom is 0.305 e. The number of hydrogen-bond acceptors (Lipinski definition) is 6. The number of carbonyl (C=O) groups is 1. The highest BCUT2D eigenvalue weighted by molar-refractivity contribution is 5.68. The Hall–Kier alpha value is -3.74. The summed E-state index contributed by atoms with van der Waals surface area (Å²) in [4.78, 5) is 26.5. The normalized spacial score (nSPS) is 12.9. The Labute approximate surface area is 168 Å². The molecule has 3 aromatic rings. The lowest BCUT2D eigenvalue weighted by Gasteiger charge is -2.19. The predicted octanol–water partition coefficient (Wildman–Crippen LogP) is 3.46. The smallest absolute Gasteiger partial charge is 0.305 e. The van der Waals surface area contributed by atoms with Crippen molar-refractivity contribution in [3.8, 4) is 11.5 Å². The quantitative estimate of drug-likeness (QED) is 0.669. The summed E-state index contributed by atoms with van der Waals surface area (Å²) >= 11 is 0. The largest absolute Gasteiger partial charge is 0.481 e. The van der Waals surface area contributed by atoms with E-state index < -0.39 is 5.97 Å². The van der Waals surface area contributed by atoms with Crippen molar-refractivity contribution in [2.45, 2.75) is 12.8 Å². The zero-order valence-electron chi connectivity index (χ0n) is 15.8. The second-order valence-electron chi connectivity index (χ2n) is 6.68. The van der Waals surface area contributed by atoms with Gasteiger partial charge >= 0.3 is 5.97 Å². The van der Waals surface area contributed by atoms with Crippen molar-refractivity contribution in [3.05, 3.63) is 72.1 Å². The monoisotopic (exact) mass is 387 g/mol. The van der Waals surface area contributed by atoms with Gasteiger partial charge in [-0.05, 0) is 35.8 Å². The summed E-state index contributed by atoms with van der Waals surface area (Å²) < 4.78 is 0. The van der Waals surface area contributed by atoms with E-state index in [0.29, 0.717) is 17.3 Å². The molecule has 7 heteroatoms. The summed E-state index contributed by atoms with van der Waals surface area (Å²) in [6.45, 7) is 1.06. The molecule has 0 aliphatic carbocycles. The number of carboxylic acid groups (broad SMARTS) is 1. The van der Waals surface area contributed by atoms with Crippen LogP contribution in [0.5, 0.6) is 0 Å². The molecule has 0 bridgehead atoms. The maximum atomic E-state index is 10.8. The van der Waals surface area contributed by atoms with Crippen LogP contribution in [0.4, 0.5) is 11.6 Å². The van der Waals surface area contributed by atoms with E-state index in [1.807, 2.05) is 36.5 Å². The Morgan fingerprint density at radius 1 is 1.14 bits per heavy atom. The molecule has 7 nitrogen and oxygen atoms in total.